The van der Waals surface area contributed by atoms with E-state index >= 15 is 0 Å². The molecule has 1 fully saturated rings. The molecule has 0 saturated carbocycles. The number of hydrogen-bond donors (Lipinski definition) is 2. The third kappa shape index (κ3) is 4.30. The first-order valence-corrected chi connectivity index (χ1v) is 8.23. The number of rotatable bonds is 5. The van der Waals surface area contributed by atoms with E-state index in [0.717, 1.165) is 50.5 Å². The van der Waals surface area contributed by atoms with Gasteiger partial charge in [-0.05, 0) is 30.2 Å². The molecule has 0 unspecified atom stereocenters. The molecule has 0 spiro atoms. The molecule has 1 heterocycles. The highest BCUT2D eigenvalue weighted by Crippen LogP contribution is 2.21. The lowest BCUT2D eigenvalue weighted by Crippen LogP contribution is -2.43. The number of benzene rings is 2. The van der Waals surface area contributed by atoms with Crippen molar-refractivity contribution < 1.29 is 4.39 Å². The van der Waals surface area contributed by atoms with Crippen molar-refractivity contribution in [2.24, 2.45) is 0 Å². The smallest absolute Gasteiger partial charge is 0.146 e. The number of anilines is 1. The molecule has 0 aromatic heterocycles. The molecule has 1 aliphatic heterocycles. The molecule has 0 amide bonds. The molecule has 3 nitrogen and oxygen atoms in total. The Morgan fingerprint density at radius 3 is 2.39 bits per heavy atom. The summed E-state index contributed by atoms with van der Waals surface area (Å²) in [6.45, 7) is 7.19. The molecular weight excluding hydrogens is 289 g/mol. The van der Waals surface area contributed by atoms with Gasteiger partial charge in [0.1, 0.15) is 5.82 Å². The quantitative estimate of drug-likeness (QED) is 0.889. The summed E-state index contributed by atoms with van der Waals surface area (Å²) in [7, 11) is 0. The van der Waals surface area contributed by atoms with Gasteiger partial charge in [-0.2, -0.15) is 0 Å². The fourth-order valence-corrected chi connectivity index (χ4v) is 2.87. The Labute approximate surface area is 137 Å². The van der Waals surface area contributed by atoms with Crippen molar-refractivity contribution in [3.63, 3.8) is 0 Å². The Balaban J connectivity index is 1.60. The van der Waals surface area contributed by atoms with Crippen LogP contribution in [0.15, 0.2) is 42.5 Å². The Kier molecular flexibility index (Phi) is 5.26. The first-order valence-electron chi connectivity index (χ1n) is 8.23. The average molecular weight is 313 g/mol. The molecule has 1 saturated heterocycles. The number of aryl methyl sites for hydroxylation is 1. The third-order valence-corrected chi connectivity index (χ3v) is 4.25. The molecule has 0 atom stereocenters. The second-order valence-electron chi connectivity index (χ2n) is 6.11. The van der Waals surface area contributed by atoms with Crippen LogP contribution in [0.25, 0.3) is 0 Å². The third-order valence-electron chi connectivity index (χ3n) is 4.25. The summed E-state index contributed by atoms with van der Waals surface area (Å²) in [6.07, 6.45) is 0. The van der Waals surface area contributed by atoms with E-state index in [1.807, 2.05) is 12.1 Å². The molecule has 0 aliphatic carbocycles. The second kappa shape index (κ2) is 7.57. The summed E-state index contributed by atoms with van der Waals surface area (Å²) in [6, 6.07) is 13.9. The average Bonchev–Trinajstić information content (AvgIpc) is 2.59. The van der Waals surface area contributed by atoms with Gasteiger partial charge in [0.05, 0.1) is 5.69 Å². The van der Waals surface area contributed by atoms with Crippen LogP contribution in [0.2, 0.25) is 0 Å². The lowest BCUT2D eigenvalue weighted by molar-refractivity contribution is 0.565. The predicted molar refractivity (Wildman–Crippen MR) is 93.2 cm³/mol. The highest BCUT2D eigenvalue weighted by atomic mass is 19.1. The molecule has 0 radical (unpaired) electrons. The van der Waals surface area contributed by atoms with Gasteiger partial charge in [-0.1, -0.05) is 35.9 Å². The number of nitrogens with zero attached hydrogens (tertiary/aromatic N) is 1. The Bertz CT molecular complexity index is 634. The van der Waals surface area contributed by atoms with E-state index in [1.54, 1.807) is 6.07 Å². The van der Waals surface area contributed by atoms with Crippen molar-refractivity contribution in [3.05, 3.63) is 65.0 Å². The van der Waals surface area contributed by atoms with E-state index < -0.39 is 0 Å². The predicted octanol–water partition coefficient (Wildman–Crippen LogP) is 2.83. The van der Waals surface area contributed by atoms with Crippen LogP contribution in [-0.2, 0) is 13.1 Å². The monoisotopic (exact) mass is 313 g/mol. The number of halogens is 1. The summed E-state index contributed by atoms with van der Waals surface area (Å²) >= 11 is 0. The molecule has 2 N–H and O–H groups in total. The first kappa shape index (κ1) is 16.0. The maximum Gasteiger partial charge on any atom is 0.146 e. The van der Waals surface area contributed by atoms with Crippen LogP contribution in [0, 0.1) is 12.7 Å². The molecule has 2 aromatic rings. The minimum atomic E-state index is -0.130. The van der Waals surface area contributed by atoms with Crippen molar-refractivity contribution in [1.29, 1.82) is 0 Å². The number of hydrogen-bond acceptors (Lipinski definition) is 3. The summed E-state index contributed by atoms with van der Waals surface area (Å²) in [5.41, 5.74) is 4.38. The fourth-order valence-electron chi connectivity index (χ4n) is 2.87. The lowest BCUT2D eigenvalue weighted by atomic mass is 10.1. The number of piperazine rings is 1. The van der Waals surface area contributed by atoms with E-state index in [-0.39, 0.29) is 5.82 Å². The molecular formula is C19H24FN3. The normalized spacial score (nSPS) is 15.0. The van der Waals surface area contributed by atoms with Gasteiger partial charge in [0.15, 0.2) is 0 Å². The van der Waals surface area contributed by atoms with E-state index in [0.29, 0.717) is 0 Å². The van der Waals surface area contributed by atoms with E-state index in [1.165, 1.54) is 11.1 Å². The van der Waals surface area contributed by atoms with Crippen LogP contribution in [0.3, 0.4) is 0 Å². The van der Waals surface area contributed by atoms with Crippen molar-refractivity contribution in [2.75, 3.05) is 31.1 Å². The van der Waals surface area contributed by atoms with Crippen molar-refractivity contribution in [1.82, 2.24) is 10.6 Å². The Hall–Kier alpha value is -1.91. The van der Waals surface area contributed by atoms with Gasteiger partial charge >= 0.3 is 0 Å². The zero-order valence-corrected chi connectivity index (χ0v) is 13.6. The van der Waals surface area contributed by atoms with Crippen LogP contribution in [-0.4, -0.2) is 26.2 Å². The standard InChI is InChI=1S/C19H24FN3/c1-15-2-4-16(5-3-15)13-22-14-17-6-7-18(20)19(12-17)23-10-8-21-9-11-23/h2-7,12,21-22H,8-11,13-14H2,1H3. The summed E-state index contributed by atoms with van der Waals surface area (Å²) in [5, 5.41) is 6.73. The topological polar surface area (TPSA) is 27.3 Å². The molecule has 3 rings (SSSR count). The first-order chi connectivity index (χ1) is 11.2. The molecule has 2 aromatic carbocycles. The summed E-state index contributed by atoms with van der Waals surface area (Å²) in [5.74, 6) is -0.130. The van der Waals surface area contributed by atoms with Gasteiger partial charge in [-0.3, -0.25) is 0 Å². The molecule has 1 aliphatic rings. The molecule has 23 heavy (non-hydrogen) atoms. The van der Waals surface area contributed by atoms with E-state index in [4.69, 9.17) is 0 Å². The number of nitrogens with one attached hydrogen (secondary N) is 2. The van der Waals surface area contributed by atoms with Gasteiger partial charge < -0.3 is 15.5 Å². The van der Waals surface area contributed by atoms with E-state index in [2.05, 4.69) is 46.7 Å². The van der Waals surface area contributed by atoms with Gasteiger partial charge in [0, 0.05) is 39.3 Å². The summed E-state index contributed by atoms with van der Waals surface area (Å²) < 4.78 is 14.1. The zero-order chi connectivity index (χ0) is 16.1. The Morgan fingerprint density at radius 2 is 1.65 bits per heavy atom. The highest BCUT2D eigenvalue weighted by molar-refractivity contribution is 5.50. The Morgan fingerprint density at radius 1 is 1.00 bits per heavy atom. The molecule has 122 valence electrons. The maximum atomic E-state index is 14.1. The van der Waals surface area contributed by atoms with Crippen LogP contribution in [0.5, 0.6) is 0 Å². The molecule has 0 bridgehead atoms. The van der Waals surface area contributed by atoms with Crippen molar-refractivity contribution in [3.8, 4) is 0 Å². The molecule has 4 heteroatoms. The van der Waals surface area contributed by atoms with Crippen molar-refractivity contribution in [2.45, 2.75) is 20.0 Å². The lowest BCUT2D eigenvalue weighted by Gasteiger charge is -2.30. The van der Waals surface area contributed by atoms with E-state index in [9.17, 15) is 4.39 Å². The zero-order valence-electron chi connectivity index (χ0n) is 13.6. The van der Waals surface area contributed by atoms with Crippen LogP contribution in [0.4, 0.5) is 10.1 Å². The van der Waals surface area contributed by atoms with Gasteiger partial charge in [0.2, 0.25) is 0 Å². The van der Waals surface area contributed by atoms with Crippen LogP contribution >= 0.6 is 0 Å². The van der Waals surface area contributed by atoms with Crippen molar-refractivity contribution >= 4 is 5.69 Å². The van der Waals surface area contributed by atoms with Crippen LogP contribution < -0.4 is 15.5 Å². The minimum Gasteiger partial charge on any atom is -0.367 e. The van der Waals surface area contributed by atoms with Crippen LogP contribution in [0.1, 0.15) is 16.7 Å². The largest absolute Gasteiger partial charge is 0.367 e. The summed E-state index contributed by atoms with van der Waals surface area (Å²) in [4.78, 5) is 2.12. The maximum absolute atomic E-state index is 14.1. The fraction of sp³-hybridized carbons (Fsp3) is 0.368. The SMILES string of the molecule is Cc1ccc(CNCc2ccc(F)c(N3CCNCC3)c2)cc1. The van der Waals surface area contributed by atoms with Gasteiger partial charge in [0.25, 0.3) is 0 Å². The minimum absolute atomic E-state index is 0.130. The highest BCUT2D eigenvalue weighted by Gasteiger charge is 2.14. The van der Waals surface area contributed by atoms with Gasteiger partial charge in [-0.25, -0.2) is 4.39 Å². The second-order valence-corrected chi connectivity index (χ2v) is 6.11. The van der Waals surface area contributed by atoms with Gasteiger partial charge in [-0.15, -0.1) is 0 Å².